The third-order valence-electron chi connectivity index (χ3n) is 3.29. The Bertz CT molecular complexity index is 643. The van der Waals surface area contributed by atoms with Gasteiger partial charge in [0.1, 0.15) is 5.82 Å². The number of nitrogen functional groups attached to an aromatic ring is 1. The molecule has 0 aromatic carbocycles. The summed E-state index contributed by atoms with van der Waals surface area (Å²) in [6, 6.07) is 0. The van der Waals surface area contributed by atoms with Crippen molar-refractivity contribution in [3.8, 4) is 0 Å². The van der Waals surface area contributed by atoms with Crippen LogP contribution in [0.4, 0.5) is 23.4 Å². The van der Waals surface area contributed by atoms with Crippen LogP contribution in [0.15, 0.2) is 11.0 Å². The van der Waals surface area contributed by atoms with Crippen LogP contribution in [-0.2, 0) is 4.74 Å². The maximum atomic E-state index is 14.1. The molecule has 4 N–H and O–H groups in total. The molecule has 1 saturated heterocycles. The van der Waals surface area contributed by atoms with Gasteiger partial charge in [-0.15, -0.1) is 0 Å². The SMILES string of the molecule is Nc1nc(=O)n([C@@H]2O[C@@](CO)(C(F)F)C(O)C2(F)F)cc1Cl. The molecular weight excluding hydrogens is 338 g/mol. The molecule has 1 aromatic rings. The molecule has 7 nitrogen and oxygen atoms in total. The number of aromatic nitrogens is 2. The van der Waals surface area contributed by atoms with Gasteiger partial charge in [0.2, 0.25) is 6.23 Å². The summed E-state index contributed by atoms with van der Waals surface area (Å²) in [5.74, 6) is -4.77. The first-order valence-corrected chi connectivity index (χ1v) is 6.12. The van der Waals surface area contributed by atoms with E-state index in [-0.39, 0.29) is 4.57 Å². The first kappa shape index (κ1) is 16.9. The number of ether oxygens (including phenoxy) is 1. The van der Waals surface area contributed by atoms with Gasteiger partial charge in [0, 0.05) is 6.20 Å². The van der Waals surface area contributed by atoms with Crippen LogP contribution in [0.25, 0.3) is 0 Å². The molecule has 2 heterocycles. The van der Waals surface area contributed by atoms with Crippen LogP contribution in [0, 0.1) is 0 Å². The van der Waals surface area contributed by atoms with E-state index in [0.717, 1.165) is 0 Å². The Morgan fingerprint density at radius 2 is 2.14 bits per heavy atom. The second-order valence-corrected chi connectivity index (χ2v) is 5.03. The van der Waals surface area contributed by atoms with Crippen LogP contribution >= 0.6 is 11.6 Å². The molecular formula is C10H10ClF4N3O4. The van der Waals surface area contributed by atoms with E-state index in [2.05, 4.69) is 9.72 Å². The molecule has 1 aromatic heterocycles. The van der Waals surface area contributed by atoms with E-state index in [1.54, 1.807) is 0 Å². The Labute approximate surface area is 124 Å². The Balaban J connectivity index is 2.58. The lowest BCUT2D eigenvalue weighted by atomic mass is 9.96. The number of hydrogen-bond donors (Lipinski definition) is 3. The molecule has 0 radical (unpaired) electrons. The van der Waals surface area contributed by atoms with E-state index in [1.165, 1.54) is 0 Å². The molecule has 1 fully saturated rings. The summed E-state index contributed by atoms with van der Waals surface area (Å²) in [6.45, 7) is -1.59. The van der Waals surface area contributed by atoms with Crippen molar-refractivity contribution < 1.29 is 32.5 Å². The fraction of sp³-hybridized carbons (Fsp3) is 0.600. The summed E-state index contributed by atoms with van der Waals surface area (Å²) in [6.07, 6.45) is -8.72. The number of aliphatic hydroxyl groups excluding tert-OH is 2. The van der Waals surface area contributed by atoms with Crippen LogP contribution in [0.5, 0.6) is 0 Å². The molecule has 22 heavy (non-hydrogen) atoms. The van der Waals surface area contributed by atoms with Crippen LogP contribution in [0.1, 0.15) is 6.23 Å². The van der Waals surface area contributed by atoms with Crippen molar-refractivity contribution in [3.05, 3.63) is 21.7 Å². The average molecular weight is 348 g/mol. The van der Waals surface area contributed by atoms with Gasteiger partial charge in [0.05, 0.1) is 11.6 Å². The van der Waals surface area contributed by atoms with Gasteiger partial charge in [0.15, 0.2) is 11.7 Å². The molecule has 0 bridgehead atoms. The summed E-state index contributed by atoms with van der Waals surface area (Å²) in [5.41, 5.74) is 0.623. The Kier molecular flexibility index (Phi) is 4.11. The van der Waals surface area contributed by atoms with E-state index in [0.29, 0.717) is 6.20 Å². The van der Waals surface area contributed by atoms with Crippen molar-refractivity contribution >= 4 is 17.4 Å². The third kappa shape index (κ3) is 2.24. The monoisotopic (exact) mass is 347 g/mol. The molecule has 0 amide bonds. The lowest BCUT2D eigenvalue weighted by Gasteiger charge is -2.28. The normalized spacial score (nSPS) is 30.9. The zero-order chi connectivity index (χ0) is 16.9. The maximum absolute atomic E-state index is 14.1. The molecule has 1 aliphatic heterocycles. The number of nitrogens with two attached hydrogens (primary N) is 1. The summed E-state index contributed by atoms with van der Waals surface area (Å²) in [4.78, 5) is 14.7. The van der Waals surface area contributed by atoms with Gasteiger partial charge in [-0.2, -0.15) is 13.8 Å². The van der Waals surface area contributed by atoms with Crippen molar-refractivity contribution in [3.63, 3.8) is 0 Å². The molecule has 0 spiro atoms. The highest BCUT2D eigenvalue weighted by atomic mass is 35.5. The lowest BCUT2D eigenvalue weighted by molar-refractivity contribution is -0.196. The van der Waals surface area contributed by atoms with E-state index < -0.39 is 53.4 Å². The Morgan fingerprint density at radius 3 is 2.59 bits per heavy atom. The smallest absolute Gasteiger partial charge is 0.351 e. The van der Waals surface area contributed by atoms with Gasteiger partial charge >= 0.3 is 11.6 Å². The van der Waals surface area contributed by atoms with Crippen LogP contribution in [0.2, 0.25) is 5.02 Å². The van der Waals surface area contributed by atoms with Gasteiger partial charge < -0.3 is 20.7 Å². The summed E-state index contributed by atoms with van der Waals surface area (Å²) in [7, 11) is 0. The van der Waals surface area contributed by atoms with E-state index in [9.17, 15) is 27.5 Å². The zero-order valence-corrected chi connectivity index (χ0v) is 11.3. The van der Waals surface area contributed by atoms with Crippen LogP contribution < -0.4 is 11.4 Å². The van der Waals surface area contributed by atoms with E-state index in [1.807, 2.05) is 0 Å². The van der Waals surface area contributed by atoms with Crippen LogP contribution in [0.3, 0.4) is 0 Å². The number of nitrogens with zero attached hydrogens (tertiary/aromatic N) is 2. The quantitative estimate of drug-likeness (QED) is 0.664. The second-order valence-electron chi connectivity index (χ2n) is 4.62. The standard InChI is InChI=1S/C10H10ClF4N3O4/c11-3-1-18(8(21)17-4(3)16)7-10(14,15)5(20)9(2-19,22-7)6(12)13/h1,5-7,19-20H,2H2,(H2,16,17,21)/t5?,7-,9-/m1/s1. The molecule has 124 valence electrons. The highest BCUT2D eigenvalue weighted by molar-refractivity contribution is 6.32. The van der Waals surface area contributed by atoms with Gasteiger partial charge in [-0.3, -0.25) is 4.57 Å². The van der Waals surface area contributed by atoms with Gasteiger partial charge in [-0.05, 0) is 0 Å². The number of rotatable bonds is 3. The van der Waals surface area contributed by atoms with Gasteiger partial charge in [-0.25, -0.2) is 13.6 Å². The summed E-state index contributed by atoms with van der Waals surface area (Å²) >= 11 is 5.55. The van der Waals surface area contributed by atoms with Crippen molar-refractivity contribution in [2.45, 2.75) is 30.3 Å². The molecule has 1 aliphatic rings. The maximum Gasteiger partial charge on any atom is 0.351 e. The first-order chi connectivity index (χ1) is 10.1. The molecule has 3 atom stereocenters. The van der Waals surface area contributed by atoms with Crippen LogP contribution in [-0.4, -0.2) is 50.4 Å². The minimum Gasteiger partial charge on any atom is -0.393 e. The second kappa shape index (κ2) is 5.33. The molecule has 2 rings (SSSR count). The molecule has 0 aliphatic carbocycles. The summed E-state index contributed by atoms with van der Waals surface area (Å²) < 4.78 is 58.7. The van der Waals surface area contributed by atoms with Crippen molar-refractivity contribution in [1.29, 1.82) is 0 Å². The van der Waals surface area contributed by atoms with E-state index >= 15 is 0 Å². The number of aliphatic hydroxyl groups is 2. The fourth-order valence-corrected chi connectivity index (χ4v) is 2.19. The van der Waals surface area contributed by atoms with Crippen molar-refractivity contribution in [2.75, 3.05) is 12.3 Å². The first-order valence-electron chi connectivity index (χ1n) is 5.74. The zero-order valence-electron chi connectivity index (χ0n) is 10.6. The largest absolute Gasteiger partial charge is 0.393 e. The Hall–Kier alpha value is -1.43. The molecule has 0 saturated carbocycles. The molecule has 12 heteroatoms. The minimum atomic E-state index is -4.32. The minimum absolute atomic E-state index is 0.127. The number of hydrogen-bond acceptors (Lipinski definition) is 6. The predicted octanol–water partition coefficient (Wildman–Crippen LogP) is 0.000100. The fourth-order valence-electron chi connectivity index (χ4n) is 2.04. The number of halogens is 5. The number of anilines is 1. The number of alkyl halides is 4. The van der Waals surface area contributed by atoms with Gasteiger partial charge in [-0.1, -0.05) is 11.6 Å². The highest BCUT2D eigenvalue weighted by Crippen LogP contribution is 2.49. The third-order valence-corrected chi connectivity index (χ3v) is 3.58. The van der Waals surface area contributed by atoms with E-state index in [4.69, 9.17) is 22.4 Å². The molecule has 1 unspecified atom stereocenters. The topological polar surface area (TPSA) is 111 Å². The van der Waals surface area contributed by atoms with Crippen molar-refractivity contribution in [1.82, 2.24) is 9.55 Å². The predicted molar refractivity (Wildman–Crippen MR) is 64.8 cm³/mol. The highest BCUT2D eigenvalue weighted by Gasteiger charge is 2.70. The van der Waals surface area contributed by atoms with Gasteiger partial charge in [0.25, 0.3) is 6.43 Å². The summed E-state index contributed by atoms with van der Waals surface area (Å²) in [5, 5.41) is 18.1. The van der Waals surface area contributed by atoms with Crippen molar-refractivity contribution in [2.24, 2.45) is 0 Å². The Morgan fingerprint density at radius 1 is 1.55 bits per heavy atom. The lowest BCUT2D eigenvalue weighted by Crippen LogP contribution is -2.53. The average Bonchev–Trinajstić information content (AvgIpc) is 2.63.